The van der Waals surface area contributed by atoms with Crippen molar-refractivity contribution in [1.29, 1.82) is 0 Å². The zero-order valence-corrected chi connectivity index (χ0v) is 13.1. The first-order valence-corrected chi connectivity index (χ1v) is 7.92. The molecule has 1 aliphatic carbocycles. The first kappa shape index (κ1) is 13.7. The van der Waals surface area contributed by atoms with Gasteiger partial charge in [-0.25, -0.2) is 0 Å². The van der Waals surface area contributed by atoms with Gasteiger partial charge in [-0.2, -0.15) is 0 Å². The minimum absolute atomic E-state index is 1.16. The Balaban J connectivity index is 2.01. The quantitative estimate of drug-likeness (QED) is 0.821. The molecule has 0 N–H and O–H groups in total. The highest BCUT2D eigenvalue weighted by Crippen LogP contribution is 2.32. The molecule has 0 bridgehead atoms. The maximum absolute atomic E-state index is 2.60. The fraction of sp³-hybridized carbons (Fsp3) is 0.556. The van der Waals surface area contributed by atoms with Gasteiger partial charge in [0.15, 0.2) is 0 Å². The number of nitrogens with zero attached hydrogens (tertiary/aromatic N) is 2. The van der Waals surface area contributed by atoms with Crippen LogP contribution < -0.4 is 0 Å². The molecule has 1 aromatic heterocycles. The lowest BCUT2D eigenvalue weighted by atomic mass is 9.95. The van der Waals surface area contributed by atoms with Gasteiger partial charge in [-0.05, 0) is 77.4 Å². The lowest BCUT2D eigenvalue weighted by molar-refractivity contribution is 0.386. The van der Waals surface area contributed by atoms with E-state index in [1.807, 2.05) is 0 Å². The van der Waals surface area contributed by atoms with Crippen LogP contribution >= 0.6 is 0 Å². The summed E-state index contributed by atoms with van der Waals surface area (Å²) in [6, 6.07) is 6.98. The lowest BCUT2D eigenvalue weighted by Gasteiger charge is -2.17. The number of aryl methyl sites for hydroxylation is 3. The molecule has 108 valence electrons. The Morgan fingerprint density at radius 1 is 1.15 bits per heavy atom. The number of benzene rings is 1. The van der Waals surface area contributed by atoms with Crippen molar-refractivity contribution in [2.75, 3.05) is 20.6 Å². The van der Waals surface area contributed by atoms with Crippen LogP contribution in [-0.2, 0) is 19.4 Å². The van der Waals surface area contributed by atoms with E-state index in [2.05, 4.69) is 48.7 Å². The third-order valence-corrected chi connectivity index (χ3v) is 4.52. The molecule has 3 rings (SSSR count). The van der Waals surface area contributed by atoms with Crippen LogP contribution in [0.25, 0.3) is 10.9 Å². The monoisotopic (exact) mass is 270 g/mol. The van der Waals surface area contributed by atoms with E-state index in [-0.39, 0.29) is 0 Å². The zero-order chi connectivity index (χ0) is 14.1. The molecule has 0 radical (unpaired) electrons. The van der Waals surface area contributed by atoms with Crippen LogP contribution in [-0.4, -0.2) is 30.1 Å². The number of fused-ring (bicyclic) bond motifs is 3. The molecule has 20 heavy (non-hydrogen) atoms. The Hall–Kier alpha value is -1.28. The van der Waals surface area contributed by atoms with Gasteiger partial charge >= 0.3 is 0 Å². The summed E-state index contributed by atoms with van der Waals surface area (Å²) in [4.78, 5) is 2.28. The Bertz CT molecular complexity index is 607. The lowest BCUT2D eigenvalue weighted by Crippen LogP contribution is -2.16. The van der Waals surface area contributed by atoms with Crippen LogP contribution in [0.4, 0.5) is 0 Å². The largest absolute Gasteiger partial charge is 0.344 e. The van der Waals surface area contributed by atoms with E-state index >= 15 is 0 Å². The number of rotatable bonds is 4. The van der Waals surface area contributed by atoms with Crippen molar-refractivity contribution in [2.24, 2.45) is 0 Å². The van der Waals surface area contributed by atoms with Crippen molar-refractivity contribution >= 4 is 10.9 Å². The second-order valence-corrected chi connectivity index (χ2v) is 6.46. The molecule has 0 unspecified atom stereocenters. The van der Waals surface area contributed by atoms with Crippen LogP contribution in [0, 0.1) is 6.92 Å². The molecule has 0 amide bonds. The zero-order valence-electron chi connectivity index (χ0n) is 13.1. The van der Waals surface area contributed by atoms with Crippen molar-refractivity contribution < 1.29 is 0 Å². The number of hydrogen-bond donors (Lipinski definition) is 0. The van der Waals surface area contributed by atoms with Gasteiger partial charge in [0.1, 0.15) is 0 Å². The van der Waals surface area contributed by atoms with Crippen molar-refractivity contribution in [2.45, 2.75) is 45.6 Å². The highest BCUT2D eigenvalue weighted by molar-refractivity contribution is 5.86. The fourth-order valence-corrected chi connectivity index (χ4v) is 3.55. The van der Waals surface area contributed by atoms with Gasteiger partial charge in [-0.3, -0.25) is 0 Å². The molecule has 0 saturated carbocycles. The SMILES string of the molecule is Cc1ccc2c(c1)c1c(n2CCCN(C)C)CCCC1. The second-order valence-electron chi connectivity index (χ2n) is 6.46. The molecule has 2 nitrogen and oxygen atoms in total. The van der Waals surface area contributed by atoms with Crippen LogP contribution in [0.3, 0.4) is 0 Å². The van der Waals surface area contributed by atoms with Gasteiger partial charge in [0.2, 0.25) is 0 Å². The molecule has 2 heteroatoms. The topological polar surface area (TPSA) is 8.17 Å². The summed E-state index contributed by atoms with van der Waals surface area (Å²) >= 11 is 0. The van der Waals surface area contributed by atoms with Crippen molar-refractivity contribution in [3.8, 4) is 0 Å². The highest BCUT2D eigenvalue weighted by atomic mass is 15.1. The van der Waals surface area contributed by atoms with Gasteiger partial charge in [0.05, 0.1) is 0 Å². The Morgan fingerprint density at radius 2 is 1.95 bits per heavy atom. The van der Waals surface area contributed by atoms with E-state index in [4.69, 9.17) is 0 Å². The second kappa shape index (κ2) is 5.61. The van der Waals surface area contributed by atoms with Gasteiger partial charge in [-0.15, -0.1) is 0 Å². The summed E-state index contributed by atoms with van der Waals surface area (Å²) in [5.41, 5.74) is 6.10. The van der Waals surface area contributed by atoms with Crippen molar-refractivity contribution in [3.63, 3.8) is 0 Å². The molecular weight excluding hydrogens is 244 g/mol. The molecule has 1 aromatic carbocycles. The normalized spacial score (nSPS) is 15.0. The predicted molar refractivity (Wildman–Crippen MR) is 86.5 cm³/mol. The molecule has 1 aliphatic rings. The van der Waals surface area contributed by atoms with Gasteiger partial charge in [-0.1, -0.05) is 11.6 Å². The van der Waals surface area contributed by atoms with E-state index in [1.165, 1.54) is 55.1 Å². The molecule has 0 saturated heterocycles. The van der Waals surface area contributed by atoms with Gasteiger partial charge in [0.25, 0.3) is 0 Å². The van der Waals surface area contributed by atoms with Crippen LogP contribution in [0.15, 0.2) is 18.2 Å². The highest BCUT2D eigenvalue weighted by Gasteiger charge is 2.19. The molecule has 0 fully saturated rings. The molecule has 0 spiro atoms. The van der Waals surface area contributed by atoms with Crippen molar-refractivity contribution in [1.82, 2.24) is 9.47 Å². The van der Waals surface area contributed by atoms with Gasteiger partial charge in [0, 0.05) is 23.1 Å². The minimum atomic E-state index is 1.16. The predicted octanol–water partition coefficient (Wildman–Crippen LogP) is 3.78. The smallest absolute Gasteiger partial charge is 0.0485 e. The molecule has 2 aromatic rings. The summed E-state index contributed by atoms with van der Waals surface area (Å²) in [5, 5.41) is 1.52. The summed E-state index contributed by atoms with van der Waals surface area (Å²) in [5.74, 6) is 0. The van der Waals surface area contributed by atoms with Crippen LogP contribution in [0.2, 0.25) is 0 Å². The van der Waals surface area contributed by atoms with E-state index in [1.54, 1.807) is 11.3 Å². The molecule has 1 heterocycles. The summed E-state index contributed by atoms with van der Waals surface area (Å²) in [7, 11) is 4.32. The maximum atomic E-state index is 2.60. The Morgan fingerprint density at radius 3 is 2.75 bits per heavy atom. The van der Waals surface area contributed by atoms with E-state index < -0.39 is 0 Å². The number of aromatic nitrogens is 1. The fourth-order valence-electron chi connectivity index (χ4n) is 3.55. The average Bonchev–Trinajstić information content (AvgIpc) is 2.73. The van der Waals surface area contributed by atoms with E-state index in [0.29, 0.717) is 0 Å². The summed E-state index contributed by atoms with van der Waals surface area (Å²) in [6.45, 7) is 4.53. The maximum Gasteiger partial charge on any atom is 0.0485 e. The minimum Gasteiger partial charge on any atom is -0.344 e. The third-order valence-electron chi connectivity index (χ3n) is 4.52. The Labute approximate surface area is 122 Å². The summed E-state index contributed by atoms with van der Waals surface area (Å²) < 4.78 is 2.60. The summed E-state index contributed by atoms with van der Waals surface area (Å²) in [6.07, 6.45) is 6.49. The molecule has 0 aliphatic heterocycles. The standard InChI is InChI=1S/C18H26N2/c1-14-9-10-18-16(13-14)15-7-4-5-8-17(15)20(18)12-6-11-19(2)3/h9-10,13H,4-8,11-12H2,1-3H3. The number of hydrogen-bond acceptors (Lipinski definition) is 1. The first-order valence-electron chi connectivity index (χ1n) is 7.92. The third kappa shape index (κ3) is 2.49. The Kier molecular flexibility index (Phi) is 3.84. The molecule has 0 atom stereocenters. The molecular formula is C18H26N2. The van der Waals surface area contributed by atoms with Crippen molar-refractivity contribution in [3.05, 3.63) is 35.0 Å². The first-order chi connectivity index (χ1) is 9.66. The van der Waals surface area contributed by atoms with E-state index in [9.17, 15) is 0 Å². The van der Waals surface area contributed by atoms with Gasteiger partial charge < -0.3 is 9.47 Å². The van der Waals surface area contributed by atoms with Crippen LogP contribution in [0.5, 0.6) is 0 Å². The average molecular weight is 270 g/mol. The van der Waals surface area contributed by atoms with Crippen LogP contribution in [0.1, 0.15) is 36.1 Å². The van der Waals surface area contributed by atoms with E-state index in [0.717, 1.165) is 6.54 Å².